The third-order valence-electron chi connectivity index (χ3n) is 4.85. The Kier molecular flexibility index (Phi) is 11.8. The van der Waals surface area contributed by atoms with Crippen LogP contribution in [-0.2, 0) is 25.5 Å². The largest absolute Gasteiger partial charge is 0.467 e. The summed E-state index contributed by atoms with van der Waals surface area (Å²) < 4.78 is 4.80. The minimum atomic E-state index is -0.970. The van der Waals surface area contributed by atoms with Gasteiger partial charge in [-0.1, -0.05) is 56.2 Å². The molecule has 32 heavy (non-hydrogen) atoms. The van der Waals surface area contributed by atoms with Crippen LogP contribution in [0.25, 0.3) is 10.4 Å². The van der Waals surface area contributed by atoms with Crippen molar-refractivity contribution in [1.29, 1.82) is 0 Å². The number of benzene rings is 1. The van der Waals surface area contributed by atoms with E-state index in [4.69, 9.17) is 10.3 Å². The van der Waals surface area contributed by atoms with Gasteiger partial charge in [0, 0.05) is 17.3 Å². The Morgan fingerprint density at radius 3 is 2.25 bits per heavy atom. The molecule has 0 heterocycles. The van der Waals surface area contributed by atoms with Crippen LogP contribution in [0.3, 0.4) is 0 Å². The highest BCUT2D eigenvalue weighted by Gasteiger charge is 2.29. The molecule has 10 heteroatoms. The van der Waals surface area contributed by atoms with E-state index in [0.717, 1.165) is 5.56 Å². The van der Waals surface area contributed by atoms with Gasteiger partial charge in [0.15, 0.2) is 0 Å². The van der Waals surface area contributed by atoms with E-state index in [0.29, 0.717) is 6.42 Å². The molecule has 0 aliphatic heterocycles. The van der Waals surface area contributed by atoms with Crippen molar-refractivity contribution in [3.8, 4) is 0 Å². The normalized spacial score (nSPS) is 14.4. The van der Waals surface area contributed by atoms with Crippen molar-refractivity contribution in [1.82, 2.24) is 10.6 Å². The van der Waals surface area contributed by atoms with E-state index in [-0.39, 0.29) is 25.3 Å². The zero-order valence-electron chi connectivity index (χ0n) is 19.0. The van der Waals surface area contributed by atoms with Crippen molar-refractivity contribution in [2.45, 2.75) is 58.2 Å². The zero-order chi connectivity index (χ0) is 24.1. The van der Waals surface area contributed by atoms with Gasteiger partial charge in [-0.15, -0.1) is 0 Å². The fourth-order valence-corrected chi connectivity index (χ4v) is 3.19. The van der Waals surface area contributed by atoms with Gasteiger partial charge < -0.3 is 20.5 Å². The second kappa shape index (κ2) is 14.1. The number of nitrogens with one attached hydrogen (secondary N) is 2. The molecule has 0 fully saturated rings. The monoisotopic (exact) mass is 447 g/mol. The van der Waals surface area contributed by atoms with Gasteiger partial charge in [-0.3, -0.25) is 9.59 Å². The average molecular weight is 448 g/mol. The maximum absolute atomic E-state index is 13.0. The lowest BCUT2D eigenvalue weighted by Gasteiger charge is -2.25. The van der Waals surface area contributed by atoms with Gasteiger partial charge >= 0.3 is 5.97 Å². The molecule has 0 aromatic heterocycles. The minimum Gasteiger partial charge on any atom is -0.467 e. The van der Waals surface area contributed by atoms with Crippen molar-refractivity contribution in [3.05, 3.63) is 46.3 Å². The molecule has 2 amide bonds. The number of hydrogen-bond donors (Lipinski definition) is 3. The first-order valence-corrected chi connectivity index (χ1v) is 10.6. The van der Waals surface area contributed by atoms with E-state index in [9.17, 15) is 19.5 Å². The molecule has 0 spiro atoms. The number of nitrogens with zero attached hydrogens (tertiary/aromatic N) is 3. The van der Waals surface area contributed by atoms with Crippen molar-refractivity contribution in [3.63, 3.8) is 0 Å². The molecule has 0 aliphatic rings. The predicted octanol–water partition coefficient (Wildman–Crippen LogP) is 2.12. The first-order chi connectivity index (χ1) is 15.2. The summed E-state index contributed by atoms with van der Waals surface area (Å²) in [6.45, 7) is 5.32. The number of methoxy groups -OCH3 is 1. The summed E-state index contributed by atoms with van der Waals surface area (Å²) in [7, 11) is 1.26. The SMILES string of the molecule is COC(=O)[C@H](CC(C)C)NC(=O)[C@H](Cc1ccccc1)NC(=O)[C@H](C)C[C@@H](O)CN=[N+]=[N-]. The molecule has 1 aromatic carbocycles. The predicted molar refractivity (Wildman–Crippen MR) is 119 cm³/mol. The van der Waals surface area contributed by atoms with Crippen LogP contribution in [-0.4, -0.2) is 54.7 Å². The number of rotatable bonds is 13. The highest BCUT2D eigenvalue weighted by Crippen LogP contribution is 2.11. The van der Waals surface area contributed by atoms with E-state index in [2.05, 4.69) is 20.7 Å². The summed E-state index contributed by atoms with van der Waals surface area (Å²) in [4.78, 5) is 40.5. The molecule has 0 bridgehead atoms. The Labute approximate surface area is 188 Å². The van der Waals surface area contributed by atoms with Gasteiger partial charge in [0.1, 0.15) is 12.1 Å². The Balaban J connectivity index is 2.95. The molecular weight excluding hydrogens is 414 g/mol. The van der Waals surface area contributed by atoms with E-state index < -0.39 is 41.9 Å². The van der Waals surface area contributed by atoms with E-state index in [1.807, 2.05) is 44.2 Å². The van der Waals surface area contributed by atoms with Crippen molar-refractivity contribution < 1.29 is 24.2 Å². The second-order valence-electron chi connectivity index (χ2n) is 8.17. The minimum absolute atomic E-state index is 0.0721. The number of hydrogen-bond acceptors (Lipinski definition) is 6. The van der Waals surface area contributed by atoms with Crippen LogP contribution in [0.5, 0.6) is 0 Å². The van der Waals surface area contributed by atoms with E-state index in [1.54, 1.807) is 6.92 Å². The van der Waals surface area contributed by atoms with Crippen LogP contribution in [0.1, 0.15) is 39.2 Å². The molecule has 0 saturated carbocycles. The Morgan fingerprint density at radius 1 is 1.06 bits per heavy atom. The molecule has 10 nitrogen and oxygen atoms in total. The Morgan fingerprint density at radius 2 is 1.69 bits per heavy atom. The van der Waals surface area contributed by atoms with Gasteiger partial charge in [-0.2, -0.15) is 0 Å². The summed E-state index contributed by atoms with van der Waals surface area (Å²) in [5.74, 6) is -1.97. The highest BCUT2D eigenvalue weighted by molar-refractivity contribution is 5.91. The molecule has 0 aliphatic carbocycles. The Hall–Kier alpha value is -3.10. The smallest absolute Gasteiger partial charge is 0.328 e. The highest BCUT2D eigenvalue weighted by atomic mass is 16.5. The zero-order valence-corrected chi connectivity index (χ0v) is 19.0. The summed E-state index contributed by atoms with van der Waals surface area (Å²) in [5, 5.41) is 18.6. The van der Waals surface area contributed by atoms with Crippen LogP contribution in [0.15, 0.2) is 35.4 Å². The molecule has 0 radical (unpaired) electrons. The van der Waals surface area contributed by atoms with Crippen molar-refractivity contribution in [2.24, 2.45) is 17.0 Å². The summed E-state index contributed by atoms with van der Waals surface area (Å²) in [6.07, 6.45) is -0.278. The summed E-state index contributed by atoms with van der Waals surface area (Å²) >= 11 is 0. The maximum atomic E-state index is 13.0. The van der Waals surface area contributed by atoms with Crippen LogP contribution in [0.2, 0.25) is 0 Å². The molecule has 4 atom stereocenters. The van der Waals surface area contributed by atoms with Crippen LogP contribution >= 0.6 is 0 Å². The quantitative estimate of drug-likeness (QED) is 0.183. The van der Waals surface area contributed by atoms with E-state index >= 15 is 0 Å². The first-order valence-electron chi connectivity index (χ1n) is 10.6. The van der Waals surface area contributed by atoms with Gasteiger partial charge in [-0.05, 0) is 29.9 Å². The second-order valence-corrected chi connectivity index (χ2v) is 8.17. The van der Waals surface area contributed by atoms with Gasteiger partial charge in [0.05, 0.1) is 19.8 Å². The number of aliphatic hydroxyl groups excluding tert-OH is 1. The molecule has 0 saturated heterocycles. The molecule has 176 valence electrons. The number of amides is 2. The molecule has 0 unspecified atom stereocenters. The summed E-state index contributed by atoms with van der Waals surface area (Å²) in [5.41, 5.74) is 9.19. The average Bonchev–Trinajstić information content (AvgIpc) is 2.76. The van der Waals surface area contributed by atoms with Crippen molar-refractivity contribution in [2.75, 3.05) is 13.7 Å². The standard InChI is InChI=1S/C22H33N5O5/c1-14(2)10-19(22(31)32-4)26-21(30)18(12-16-8-6-5-7-9-16)25-20(29)15(3)11-17(28)13-24-27-23/h5-9,14-15,17-19,28H,10-13H2,1-4H3,(H,25,29)(H,26,30)/t15-,17-,18+,19+/m1/s1. The van der Waals surface area contributed by atoms with Crippen LogP contribution in [0.4, 0.5) is 0 Å². The number of ether oxygens (including phenoxy) is 1. The molecule has 1 aromatic rings. The molecule has 1 rings (SSSR count). The number of carbonyl (C=O) groups excluding carboxylic acids is 3. The van der Waals surface area contributed by atoms with Gasteiger partial charge in [0.2, 0.25) is 11.8 Å². The van der Waals surface area contributed by atoms with Crippen LogP contribution in [0, 0.1) is 11.8 Å². The topological polar surface area (TPSA) is 153 Å². The lowest BCUT2D eigenvalue weighted by molar-refractivity contribution is -0.145. The third-order valence-corrected chi connectivity index (χ3v) is 4.85. The number of aliphatic hydroxyl groups is 1. The fourth-order valence-electron chi connectivity index (χ4n) is 3.19. The van der Waals surface area contributed by atoms with Gasteiger partial charge in [-0.25, -0.2) is 4.79 Å². The molecular formula is C22H33N5O5. The number of azide groups is 1. The lowest BCUT2D eigenvalue weighted by atomic mass is 9.99. The first kappa shape index (κ1) is 26.9. The fraction of sp³-hybridized carbons (Fsp3) is 0.591. The van der Waals surface area contributed by atoms with Gasteiger partial charge in [0.25, 0.3) is 0 Å². The molecule has 3 N–H and O–H groups in total. The number of carbonyl (C=O) groups is 3. The maximum Gasteiger partial charge on any atom is 0.328 e. The third kappa shape index (κ3) is 9.80. The number of esters is 1. The van der Waals surface area contributed by atoms with Crippen molar-refractivity contribution >= 4 is 17.8 Å². The lowest BCUT2D eigenvalue weighted by Crippen LogP contribution is -2.53. The Bertz CT molecular complexity index is 795. The summed E-state index contributed by atoms with van der Waals surface area (Å²) in [6, 6.07) is 7.43. The van der Waals surface area contributed by atoms with E-state index in [1.165, 1.54) is 7.11 Å². The van der Waals surface area contributed by atoms with Crippen LogP contribution < -0.4 is 10.6 Å².